The van der Waals surface area contributed by atoms with Crippen molar-refractivity contribution in [2.24, 2.45) is 0 Å². The summed E-state index contributed by atoms with van der Waals surface area (Å²) >= 11 is 6.43. The van der Waals surface area contributed by atoms with Crippen molar-refractivity contribution in [3.63, 3.8) is 0 Å². The van der Waals surface area contributed by atoms with Gasteiger partial charge >= 0.3 is 12.1 Å². The fourth-order valence-electron chi connectivity index (χ4n) is 3.93. The molecule has 31 heavy (non-hydrogen) atoms. The highest BCUT2D eigenvalue weighted by Crippen LogP contribution is 2.47. The Kier molecular flexibility index (Phi) is 5.98. The standard InChI is InChI=1S/C20H26ClF2N4O4/c1-10(2)27-14-12(16(28)25-17(27)29)8-20(22,23)15(13(14)21)26-7-6-11(9-26)24-18(30)31-19(3,4)5/h10-11H,6-9H2,1-5H3,(H,24,30). The van der Waals surface area contributed by atoms with Gasteiger partial charge in [-0.25, -0.2) is 9.59 Å². The normalized spacial score (nSPS) is 24.0. The smallest absolute Gasteiger partial charge is 0.407 e. The van der Waals surface area contributed by atoms with Gasteiger partial charge in [0.2, 0.25) is 0 Å². The number of hydrogen-bond acceptors (Lipinski definition) is 5. The first-order valence-corrected chi connectivity index (χ1v) is 10.4. The lowest BCUT2D eigenvalue weighted by Crippen LogP contribution is -2.51. The second-order valence-corrected chi connectivity index (χ2v) is 9.49. The van der Waals surface area contributed by atoms with Crippen LogP contribution in [0.3, 0.4) is 0 Å². The van der Waals surface area contributed by atoms with Crippen LogP contribution < -0.4 is 10.6 Å². The molecule has 1 fully saturated rings. The Bertz CT molecular complexity index is 879. The van der Waals surface area contributed by atoms with Crippen LogP contribution in [0.5, 0.6) is 0 Å². The molecule has 8 nitrogen and oxygen atoms in total. The number of likely N-dealkylation sites (tertiary alicyclic amines) is 1. The Labute approximate surface area is 184 Å². The summed E-state index contributed by atoms with van der Waals surface area (Å²) in [6.45, 7) is 8.86. The number of urea groups is 1. The number of carbonyl (C=O) groups excluding carboxylic acids is 3. The highest BCUT2D eigenvalue weighted by molar-refractivity contribution is 6.33. The fraction of sp³-hybridized carbons (Fsp3) is 0.650. The molecule has 0 aromatic rings. The third kappa shape index (κ3) is 4.63. The largest absolute Gasteiger partial charge is 0.444 e. The predicted octanol–water partition coefficient (Wildman–Crippen LogP) is 3.30. The van der Waals surface area contributed by atoms with Crippen molar-refractivity contribution < 1.29 is 27.9 Å². The highest BCUT2D eigenvalue weighted by Gasteiger charge is 2.52. The summed E-state index contributed by atoms with van der Waals surface area (Å²) in [5.74, 6) is -4.41. The summed E-state index contributed by atoms with van der Waals surface area (Å²) in [6, 6.07) is -1.67. The van der Waals surface area contributed by atoms with Gasteiger partial charge in [-0.3, -0.25) is 9.69 Å². The molecule has 0 saturated carbocycles. The molecule has 2 aliphatic heterocycles. The second-order valence-electron chi connectivity index (χ2n) is 9.11. The van der Waals surface area contributed by atoms with Crippen molar-refractivity contribution in [1.29, 1.82) is 0 Å². The van der Waals surface area contributed by atoms with Crippen LogP contribution in [0, 0.1) is 0 Å². The molecule has 3 aliphatic rings. The molecule has 1 N–H and O–H groups in total. The average Bonchev–Trinajstić information content (AvgIpc) is 3.01. The lowest BCUT2D eigenvalue weighted by molar-refractivity contribution is -0.118. The number of imide groups is 1. The van der Waals surface area contributed by atoms with E-state index in [1.807, 2.05) is 0 Å². The predicted molar refractivity (Wildman–Crippen MR) is 108 cm³/mol. The molecule has 1 saturated heterocycles. The van der Waals surface area contributed by atoms with E-state index in [4.69, 9.17) is 16.3 Å². The number of rotatable bonds is 3. The third-order valence-corrected chi connectivity index (χ3v) is 5.45. The number of allylic oxidation sites excluding steroid dienone is 2. The van der Waals surface area contributed by atoms with Crippen molar-refractivity contribution >= 4 is 29.6 Å². The highest BCUT2D eigenvalue weighted by atomic mass is 35.5. The fourth-order valence-corrected chi connectivity index (χ4v) is 4.39. The van der Waals surface area contributed by atoms with E-state index in [1.54, 1.807) is 34.6 Å². The number of alkyl halides is 2. The molecule has 11 heteroatoms. The zero-order valence-corrected chi connectivity index (χ0v) is 18.8. The van der Waals surface area contributed by atoms with Crippen molar-refractivity contribution in [2.45, 2.75) is 71.1 Å². The Morgan fingerprint density at radius 3 is 2.55 bits per heavy atom. The van der Waals surface area contributed by atoms with Crippen LogP contribution in [-0.4, -0.2) is 64.5 Å². The number of ether oxygens (including phenoxy) is 1. The van der Waals surface area contributed by atoms with Crippen LogP contribution in [0.2, 0.25) is 0 Å². The molecular weight excluding hydrogens is 434 g/mol. The monoisotopic (exact) mass is 459 g/mol. The molecule has 3 rings (SSSR count). The van der Waals surface area contributed by atoms with Crippen LogP contribution in [0.4, 0.5) is 18.4 Å². The van der Waals surface area contributed by atoms with Crippen LogP contribution in [0.25, 0.3) is 0 Å². The molecule has 0 aromatic heterocycles. The summed E-state index contributed by atoms with van der Waals surface area (Å²) in [5, 5.41) is 5.71. The zero-order valence-electron chi connectivity index (χ0n) is 18.1. The first-order chi connectivity index (χ1) is 14.2. The molecular formula is C20H26ClF2N4O4. The van der Waals surface area contributed by atoms with Crippen molar-refractivity contribution in [1.82, 2.24) is 20.4 Å². The molecule has 0 spiro atoms. The van der Waals surface area contributed by atoms with Crippen molar-refractivity contribution in [2.75, 3.05) is 13.1 Å². The van der Waals surface area contributed by atoms with Gasteiger partial charge in [-0.2, -0.15) is 14.1 Å². The number of carbonyl (C=O) groups is 3. The van der Waals surface area contributed by atoms with E-state index in [0.717, 1.165) is 0 Å². The summed E-state index contributed by atoms with van der Waals surface area (Å²) in [4.78, 5) is 39.1. The minimum atomic E-state index is -3.43. The number of nitrogens with one attached hydrogen (secondary N) is 1. The van der Waals surface area contributed by atoms with E-state index in [2.05, 4.69) is 10.6 Å². The maximum atomic E-state index is 15.1. The lowest BCUT2D eigenvalue weighted by Gasteiger charge is -2.40. The minimum absolute atomic E-state index is 0.00820. The summed E-state index contributed by atoms with van der Waals surface area (Å²) in [5.41, 5.74) is -1.41. The SMILES string of the molecule is CC(C)N1C(=O)[N]C(=O)C2=C1C(Cl)=C(N1CCC(NC(=O)OC(C)(C)C)C1)C(F)(F)C2. The summed E-state index contributed by atoms with van der Waals surface area (Å²) in [6.07, 6.45) is -1.11. The van der Waals surface area contributed by atoms with E-state index < -0.39 is 53.8 Å². The van der Waals surface area contributed by atoms with Crippen molar-refractivity contribution in [3.8, 4) is 0 Å². The quantitative estimate of drug-likeness (QED) is 0.699. The Morgan fingerprint density at radius 2 is 1.97 bits per heavy atom. The number of amides is 4. The first kappa shape index (κ1) is 23.3. The maximum Gasteiger partial charge on any atom is 0.407 e. The first-order valence-electron chi connectivity index (χ1n) is 10.1. The van der Waals surface area contributed by atoms with E-state index in [1.165, 1.54) is 9.80 Å². The maximum absolute atomic E-state index is 15.1. The van der Waals surface area contributed by atoms with Gasteiger partial charge in [-0.15, -0.1) is 0 Å². The average molecular weight is 460 g/mol. The summed E-state index contributed by atoms with van der Waals surface area (Å²) < 4.78 is 35.5. The van der Waals surface area contributed by atoms with Gasteiger partial charge in [0.05, 0.1) is 28.8 Å². The van der Waals surface area contributed by atoms with Crippen LogP contribution in [-0.2, 0) is 9.53 Å². The van der Waals surface area contributed by atoms with Crippen LogP contribution in [0.15, 0.2) is 22.0 Å². The molecule has 1 unspecified atom stereocenters. The van der Waals surface area contributed by atoms with Gasteiger partial charge < -0.3 is 15.0 Å². The molecule has 4 amide bonds. The summed E-state index contributed by atoms with van der Waals surface area (Å²) in [7, 11) is 0. The van der Waals surface area contributed by atoms with Crippen molar-refractivity contribution in [3.05, 3.63) is 22.0 Å². The number of nitrogens with zero attached hydrogens (tertiary/aromatic N) is 3. The topological polar surface area (TPSA) is 93.0 Å². The number of alkyl carbamates (subject to hydrolysis) is 1. The second kappa shape index (κ2) is 7.96. The van der Waals surface area contributed by atoms with E-state index >= 15 is 8.78 Å². The van der Waals surface area contributed by atoms with Gasteiger partial charge in [-0.05, 0) is 41.0 Å². The van der Waals surface area contributed by atoms with Gasteiger partial charge in [0.1, 0.15) is 11.3 Å². The number of halogens is 3. The molecule has 1 radical (unpaired) electrons. The molecule has 1 atom stereocenters. The molecule has 0 bridgehead atoms. The van der Waals surface area contributed by atoms with Crippen LogP contribution in [0.1, 0.15) is 47.5 Å². The Hall–Kier alpha value is -2.36. The van der Waals surface area contributed by atoms with E-state index in [0.29, 0.717) is 6.42 Å². The van der Waals surface area contributed by atoms with Gasteiger partial charge in [-0.1, -0.05) is 11.6 Å². The zero-order chi connectivity index (χ0) is 23.3. The van der Waals surface area contributed by atoms with Crippen LogP contribution >= 0.6 is 11.6 Å². The number of hydrogen-bond donors (Lipinski definition) is 1. The van der Waals surface area contributed by atoms with Gasteiger partial charge in [0.25, 0.3) is 11.8 Å². The van der Waals surface area contributed by atoms with Gasteiger partial charge in [0.15, 0.2) is 0 Å². The molecule has 1 aliphatic carbocycles. The Morgan fingerprint density at radius 1 is 1.32 bits per heavy atom. The molecule has 2 heterocycles. The molecule has 171 valence electrons. The lowest BCUT2D eigenvalue weighted by atomic mass is 9.92. The van der Waals surface area contributed by atoms with Gasteiger partial charge in [0, 0.05) is 19.1 Å². The Balaban J connectivity index is 1.90. The van der Waals surface area contributed by atoms with E-state index in [-0.39, 0.29) is 29.4 Å². The third-order valence-electron chi connectivity index (χ3n) is 5.09. The minimum Gasteiger partial charge on any atom is -0.444 e. The molecule has 0 aromatic carbocycles. The van der Waals surface area contributed by atoms with E-state index in [9.17, 15) is 14.4 Å².